The summed E-state index contributed by atoms with van der Waals surface area (Å²) in [6, 6.07) is 13.1. The van der Waals surface area contributed by atoms with Crippen LogP contribution in [0, 0.1) is 12.8 Å². The van der Waals surface area contributed by atoms with Gasteiger partial charge in [0.1, 0.15) is 6.54 Å². The number of amides is 1. The maximum Gasteiger partial charge on any atom is 0.264 e. The highest BCUT2D eigenvalue weighted by molar-refractivity contribution is 7.92. The van der Waals surface area contributed by atoms with E-state index in [1.165, 1.54) is 12.1 Å². The smallest absolute Gasteiger partial charge is 0.264 e. The van der Waals surface area contributed by atoms with Crippen molar-refractivity contribution in [3.8, 4) is 0 Å². The molecule has 2 rings (SSSR count). The molecule has 0 aliphatic heterocycles. The summed E-state index contributed by atoms with van der Waals surface area (Å²) in [5.41, 5.74) is 1.20. The molecule has 1 amide bonds. The Labute approximate surface area is 185 Å². The van der Waals surface area contributed by atoms with E-state index in [1.807, 2.05) is 6.92 Å². The van der Waals surface area contributed by atoms with Crippen molar-refractivity contribution < 1.29 is 13.2 Å². The number of hydrogen-bond acceptors (Lipinski definition) is 3. The third-order valence-corrected chi connectivity index (χ3v) is 7.39. The van der Waals surface area contributed by atoms with E-state index in [1.54, 1.807) is 36.4 Å². The highest BCUT2D eigenvalue weighted by atomic mass is 35.5. The second-order valence-corrected chi connectivity index (χ2v) is 9.75. The van der Waals surface area contributed by atoms with Crippen LogP contribution in [0.2, 0.25) is 5.02 Å². The van der Waals surface area contributed by atoms with Crippen LogP contribution in [0.5, 0.6) is 0 Å². The van der Waals surface area contributed by atoms with E-state index in [0.29, 0.717) is 23.2 Å². The van der Waals surface area contributed by atoms with E-state index in [2.05, 4.69) is 19.2 Å². The summed E-state index contributed by atoms with van der Waals surface area (Å²) in [6.07, 6.45) is 4.25. The maximum absolute atomic E-state index is 13.3. The van der Waals surface area contributed by atoms with E-state index in [4.69, 9.17) is 11.6 Å². The van der Waals surface area contributed by atoms with E-state index in [9.17, 15) is 13.2 Å². The van der Waals surface area contributed by atoms with Gasteiger partial charge in [-0.15, -0.1) is 0 Å². The molecule has 0 bridgehead atoms. The fourth-order valence-electron chi connectivity index (χ4n) is 3.16. The van der Waals surface area contributed by atoms with Gasteiger partial charge in [-0.2, -0.15) is 0 Å². The maximum atomic E-state index is 13.3. The van der Waals surface area contributed by atoms with Crippen LogP contribution in [0.3, 0.4) is 0 Å². The Morgan fingerprint density at radius 2 is 1.83 bits per heavy atom. The number of rotatable bonds is 11. The fourth-order valence-corrected chi connectivity index (χ4v) is 4.77. The van der Waals surface area contributed by atoms with Gasteiger partial charge in [0.05, 0.1) is 10.6 Å². The Hall–Kier alpha value is -2.05. The number of anilines is 1. The molecule has 0 fully saturated rings. The molecule has 2 aromatic rings. The van der Waals surface area contributed by atoms with E-state index >= 15 is 0 Å². The van der Waals surface area contributed by atoms with Crippen molar-refractivity contribution in [2.75, 3.05) is 17.4 Å². The monoisotopic (exact) mass is 450 g/mol. The minimum absolute atomic E-state index is 0.129. The molecule has 0 aromatic heterocycles. The first-order valence-electron chi connectivity index (χ1n) is 10.4. The van der Waals surface area contributed by atoms with Crippen LogP contribution in [0.15, 0.2) is 53.4 Å². The normalized spacial score (nSPS) is 12.4. The number of aryl methyl sites for hydroxylation is 1. The third kappa shape index (κ3) is 6.47. The van der Waals surface area contributed by atoms with Crippen LogP contribution in [0.1, 0.15) is 45.1 Å². The van der Waals surface area contributed by atoms with Crippen LogP contribution in [-0.2, 0) is 14.8 Å². The van der Waals surface area contributed by atoms with E-state index in [-0.39, 0.29) is 17.3 Å². The van der Waals surface area contributed by atoms with Gasteiger partial charge in [0, 0.05) is 11.6 Å². The molecule has 0 saturated heterocycles. The van der Waals surface area contributed by atoms with E-state index < -0.39 is 10.0 Å². The summed E-state index contributed by atoms with van der Waals surface area (Å²) < 4.78 is 27.7. The number of hydrogen-bond donors (Lipinski definition) is 1. The average Bonchev–Trinajstić information content (AvgIpc) is 2.74. The average molecular weight is 451 g/mol. The predicted molar refractivity (Wildman–Crippen MR) is 123 cm³/mol. The number of benzene rings is 2. The first-order chi connectivity index (χ1) is 14.3. The van der Waals surface area contributed by atoms with Gasteiger partial charge >= 0.3 is 0 Å². The van der Waals surface area contributed by atoms with Crippen molar-refractivity contribution in [3.05, 3.63) is 59.1 Å². The predicted octanol–water partition coefficient (Wildman–Crippen LogP) is 5.18. The van der Waals surface area contributed by atoms with Crippen LogP contribution in [-0.4, -0.2) is 27.4 Å². The minimum Gasteiger partial charge on any atom is -0.354 e. The molecule has 0 radical (unpaired) electrons. The van der Waals surface area contributed by atoms with Crippen molar-refractivity contribution in [2.24, 2.45) is 5.92 Å². The number of nitrogens with one attached hydrogen (secondary N) is 1. The Bertz CT molecular complexity index is 933. The first kappa shape index (κ1) is 24.2. The zero-order valence-corrected chi connectivity index (χ0v) is 19.5. The van der Waals surface area contributed by atoms with Crippen molar-refractivity contribution in [3.63, 3.8) is 0 Å². The van der Waals surface area contributed by atoms with Gasteiger partial charge in [-0.25, -0.2) is 8.42 Å². The van der Waals surface area contributed by atoms with Gasteiger partial charge in [-0.3, -0.25) is 9.10 Å². The number of carbonyl (C=O) groups excluding carboxylic acids is 1. The molecule has 1 atom stereocenters. The van der Waals surface area contributed by atoms with Gasteiger partial charge in [0.2, 0.25) is 5.91 Å². The molecule has 30 heavy (non-hydrogen) atoms. The first-order valence-corrected chi connectivity index (χ1v) is 12.2. The molecule has 1 N–H and O–H groups in total. The Kier molecular flexibility index (Phi) is 9.18. The van der Waals surface area contributed by atoms with E-state index in [0.717, 1.165) is 35.6 Å². The van der Waals surface area contributed by atoms with Crippen molar-refractivity contribution >= 4 is 33.2 Å². The SMILES string of the molecule is CCCC[C@H](CC)CNC(=O)CN(c1ccc(C)c(Cl)c1)S(=O)(=O)c1ccccc1. The highest BCUT2D eigenvalue weighted by Crippen LogP contribution is 2.28. The summed E-state index contributed by atoms with van der Waals surface area (Å²) in [4.78, 5) is 12.8. The lowest BCUT2D eigenvalue weighted by molar-refractivity contribution is -0.119. The number of halogens is 1. The lowest BCUT2D eigenvalue weighted by Crippen LogP contribution is -2.42. The molecular weight excluding hydrogens is 420 g/mol. The largest absolute Gasteiger partial charge is 0.354 e. The molecule has 5 nitrogen and oxygen atoms in total. The Morgan fingerprint density at radius 1 is 1.13 bits per heavy atom. The van der Waals surface area contributed by atoms with Gasteiger partial charge in [0.25, 0.3) is 10.0 Å². The molecule has 2 aromatic carbocycles. The summed E-state index contributed by atoms with van der Waals surface area (Å²) in [5.74, 6) is 0.0584. The number of sulfonamides is 1. The summed E-state index contributed by atoms with van der Waals surface area (Å²) in [5, 5.41) is 3.37. The standard InChI is InChI=1S/C23H31ClN2O3S/c1-4-6-10-19(5-2)16-25-23(27)17-26(20-14-13-18(3)22(24)15-20)30(28,29)21-11-8-7-9-12-21/h7-9,11-15,19H,4-6,10,16-17H2,1-3H3,(H,25,27)/t19-/m0/s1. The molecule has 0 aliphatic rings. The van der Waals surface area contributed by atoms with Crippen molar-refractivity contribution in [1.82, 2.24) is 5.32 Å². The number of unbranched alkanes of at least 4 members (excludes halogenated alkanes) is 1. The summed E-state index contributed by atoms with van der Waals surface area (Å²) in [7, 11) is -3.92. The van der Waals surface area contributed by atoms with Gasteiger partial charge in [-0.1, -0.05) is 69.0 Å². The third-order valence-electron chi connectivity index (χ3n) is 5.19. The van der Waals surface area contributed by atoms with Crippen LogP contribution in [0.25, 0.3) is 0 Å². The zero-order valence-electron chi connectivity index (χ0n) is 17.9. The van der Waals surface area contributed by atoms with Crippen LogP contribution in [0.4, 0.5) is 5.69 Å². The van der Waals surface area contributed by atoms with Crippen molar-refractivity contribution in [1.29, 1.82) is 0 Å². The molecule has 0 heterocycles. The second kappa shape index (κ2) is 11.4. The molecule has 7 heteroatoms. The molecule has 0 spiro atoms. The minimum atomic E-state index is -3.92. The lowest BCUT2D eigenvalue weighted by Gasteiger charge is -2.25. The van der Waals surface area contributed by atoms with Gasteiger partial charge in [-0.05, 0) is 49.1 Å². The molecular formula is C23H31ClN2O3S. The Morgan fingerprint density at radius 3 is 2.43 bits per heavy atom. The highest BCUT2D eigenvalue weighted by Gasteiger charge is 2.27. The molecule has 0 saturated carbocycles. The second-order valence-electron chi connectivity index (χ2n) is 7.48. The van der Waals surface area contributed by atoms with Gasteiger partial charge in [0.15, 0.2) is 0 Å². The zero-order chi connectivity index (χ0) is 22.1. The number of carbonyl (C=O) groups is 1. The molecule has 0 unspecified atom stereocenters. The summed E-state index contributed by atoms with van der Waals surface area (Å²) >= 11 is 6.24. The molecule has 164 valence electrons. The quantitative estimate of drug-likeness (QED) is 0.513. The molecule has 0 aliphatic carbocycles. The summed E-state index contributed by atoms with van der Waals surface area (Å²) in [6.45, 7) is 6.33. The van der Waals surface area contributed by atoms with Crippen molar-refractivity contribution in [2.45, 2.75) is 51.3 Å². The number of nitrogens with zero attached hydrogens (tertiary/aromatic N) is 1. The van der Waals surface area contributed by atoms with Crippen LogP contribution < -0.4 is 9.62 Å². The fraction of sp³-hybridized carbons (Fsp3) is 0.435. The van der Waals surface area contributed by atoms with Gasteiger partial charge < -0.3 is 5.32 Å². The topological polar surface area (TPSA) is 66.5 Å². The Balaban J connectivity index is 2.26. The van der Waals surface area contributed by atoms with Crippen LogP contribution >= 0.6 is 11.6 Å². The lowest BCUT2D eigenvalue weighted by atomic mass is 9.99.